The second-order valence-electron chi connectivity index (χ2n) is 5.49. The van der Waals surface area contributed by atoms with Crippen molar-refractivity contribution in [3.8, 4) is 0 Å². The molecule has 6 nitrogen and oxygen atoms in total. The fraction of sp³-hybridized carbons (Fsp3) is 0.176. The highest BCUT2D eigenvalue weighted by Gasteiger charge is 2.59. The Morgan fingerprint density at radius 2 is 1.84 bits per heavy atom. The van der Waals surface area contributed by atoms with E-state index in [4.69, 9.17) is 11.6 Å². The Morgan fingerprint density at radius 3 is 2.48 bits per heavy atom. The SMILES string of the molecule is O=C1ON=C(c2ccccc2Cl)[C@@]1(F)[C@H](C[N+](=O)[O-])c1ccccc1. The van der Waals surface area contributed by atoms with Crippen molar-refractivity contribution in [1.82, 2.24) is 0 Å². The first kappa shape index (κ1) is 17.0. The summed E-state index contributed by atoms with van der Waals surface area (Å²) in [7, 11) is 0. The number of hydrogen-bond donors (Lipinski definition) is 0. The lowest BCUT2D eigenvalue weighted by molar-refractivity contribution is -0.485. The lowest BCUT2D eigenvalue weighted by Crippen LogP contribution is -2.47. The van der Waals surface area contributed by atoms with E-state index in [9.17, 15) is 14.9 Å². The van der Waals surface area contributed by atoms with Crippen LogP contribution in [0.1, 0.15) is 17.0 Å². The number of carbonyl (C=O) groups is 1. The Morgan fingerprint density at radius 1 is 1.20 bits per heavy atom. The maximum atomic E-state index is 16.0. The van der Waals surface area contributed by atoms with Crippen LogP contribution in [0.15, 0.2) is 59.8 Å². The summed E-state index contributed by atoms with van der Waals surface area (Å²) in [5.74, 6) is -2.70. The van der Waals surface area contributed by atoms with Gasteiger partial charge in [0.15, 0.2) is 0 Å². The number of carbonyl (C=O) groups excluding carboxylic acids is 1. The van der Waals surface area contributed by atoms with Crippen molar-refractivity contribution in [2.75, 3.05) is 6.54 Å². The van der Waals surface area contributed by atoms with Gasteiger partial charge in [0.2, 0.25) is 6.54 Å². The Labute approximate surface area is 147 Å². The standard InChI is InChI=1S/C17H12ClFN2O4/c18-14-9-5-4-8-12(14)15-17(19,16(22)25-20-15)13(10-21(23)24)11-6-2-1-3-7-11/h1-9,13H,10H2/t13-,17+/m1/s1. The van der Waals surface area contributed by atoms with E-state index in [1.165, 1.54) is 24.3 Å². The largest absolute Gasteiger partial charge is 0.379 e. The minimum absolute atomic E-state index is 0.154. The first-order valence-corrected chi connectivity index (χ1v) is 7.73. The molecule has 2 aromatic carbocycles. The van der Waals surface area contributed by atoms with Crippen LogP contribution in [-0.4, -0.2) is 28.8 Å². The van der Waals surface area contributed by atoms with Crippen molar-refractivity contribution in [3.05, 3.63) is 80.9 Å². The molecule has 0 saturated carbocycles. The zero-order valence-electron chi connectivity index (χ0n) is 12.8. The maximum Gasteiger partial charge on any atom is 0.379 e. The quantitative estimate of drug-likeness (QED) is 0.464. The number of rotatable bonds is 5. The topological polar surface area (TPSA) is 81.8 Å². The van der Waals surface area contributed by atoms with Crippen molar-refractivity contribution in [2.45, 2.75) is 11.6 Å². The van der Waals surface area contributed by atoms with Gasteiger partial charge in [0.1, 0.15) is 5.71 Å². The predicted molar refractivity (Wildman–Crippen MR) is 89.0 cm³/mol. The zero-order chi connectivity index (χ0) is 18.0. The highest BCUT2D eigenvalue weighted by atomic mass is 35.5. The van der Waals surface area contributed by atoms with E-state index in [0.717, 1.165) is 0 Å². The van der Waals surface area contributed by atoms with E-state index < -0.39 is 29.0 Å². The van der Waals surface area contributed by atoms with E-state index >= 15 is 4.39 Å². The molecule has 1 aliphatic heterocycles. The van der Waals surface area contributed by atoms with Gasteiger partial charge in [-0.05, 0) is 11.6 Å². The van der Waals surface area contributed by atoms with E-state index in [1.807, 2.05) is 0 Å². The molecular weight excluding hydrogens is 351 g/mol. The third-order valence-corrected chi connectivity index (χ3v) is 4.33. The molecular formula is C17H12ClFN2O4. The van der Waals surface area contributed by atoms with Gasteiger partial charge in [0.25, 0.3) is 5.67 Å². The lowest BCUT2D eigenvalue weighted by Gasteiger charge is -2.25. The fourth-order valence-corrected chi connectivity index (χ4v) is 3.04. The summed E-state index contributed by atoms with van der Waals surface area (Å²) in [5, 5.41) is 14.8. The summed E-state index contributed by atoms with van der Waals surface area (Å²) in [6, 6.07) is 14.2. The zero-order valence-corrected chi connectivity index (χ0v) is 13.5. The molecule has 25 heavy (non-hydrogen) atoms. The molecule has 128 valence electrons. The second kappa shape index (κ2) is 6.60. The maximum absolute atomic E-state index is 16.0. The van der Waals surface area contributed by atoms with Crippen molar-refractivity contribution in [2.24, 2.45) is 5.16 Å². The number of benzene rings is 2. The molecule has 8 heteroatoms. The molecule has 3 rings (SSSR count). The minimum atomic E-state index is -2.82. The smallest absolute Gasteiger partial charge is 0.314 e. The molecule has 0 bridgehead atoms. The molecule has 2 aromatic rings. The Hall–Kier alpha value is -2.80. The van der Waals surface area contributed by atoms with Gasteiger partial charge in [-0.3, -0.25) is 10.1 Å². The number of alkyl halides is 1. The van der Waals surface area contributed by atoms with E-state index in [1.54, 1.807) is 30.3 Å². The van der Waals surface area contributed by atoms with Gasteiger partial charge in [-0.1, -0.05) is 65.3 Å². The monoisotopic (exact) mass is 362 g/mol. The average Bonchev–Trinajstić information content (AvgIpc) is 2.90. The molecule has 0 amide bonds. The summed E-state index contributed by atoms with van der Waals surface area (Å²) in [6.45, 7) is -0.806. The molecule has 0 aromatic heterocycles. The highest BCUT2D eigenvalue weighted by Crippen LogP contribution is 2.41. The number of halogens is 2. The van der Waals surface area contributed by atoms with Crippen LogP contribution in [0.3, 0.4) is 0 Å². The third-order valence-electron chi connectivity index (χ3n) is 4.00. The minimum Gasteiger partial charge on any atom is -0.314 e. The van der Waals surface area contributed by atoms with Crippen LogP contribution in [0.4, 0.5) is 4.39 Å². The lowest BCUT2D eigenvalue weighted by atomic mass is 9.78. The molecule has 1 heterocycles. The molecule has 0 unspecified atom stereocenters. The van der Waals surface area contributed by atoms with Crippen molar-refractivity contribution in [1.29, 1.82) is 0 Å². The second-order valence-corrected chi connectivity index (χ2v) is 5.90. The summed E-state index contributed by atoms with van der Waals surface area (Å²) >= 11 is 6.09. The number of oxime groups is 1. The molecule has 0 N–H and O–H groups in total. The Balaban J connectivity index is 2.15. The highest BCUT2D eigenvalue weighted by molar-refractivity contribution is 6.36. The van der Waals surface area contributed by atoms with Gasteiger partial charge in [0.05, 0.1) is 5.92 Å². The first-order chi connectivity index (χ1) is 11.9. The van der Waals surface area contributed by atoms with Gasteiger partial charge >= 0.3 is 5.97 Å². The van der Waals surface area contributed by atoms with Crippen LogP contribution in [0.2, 0.25) is 5.02 Å². The van der Waals surface area contributed by atoms with Crippen molar-refractivity contribution < 1.29 is 18.9 Å². The van der Waals surface area contributed by atoms with E-state index in [-0.39, 0.29) is 16.3 Å². The van der Waals surface area contributed by atoms with Crippen LogP contribution in [0.5, 0.6) is 0 Å². The van der Waals surface area contributed by atoms with Crippen molar-refractivity contribution in [3.63, 3.8) is 0 Å². The summed E-state index contributed by atoms with van der Waals surface area (Å²) in [6.07, 6.45) is 0. The van der Waals surface area contributed by atoms with Gasteiger partial charge in [-0.15, -0.1) is 0 Å². The normalized spacial score (nSPS) is 20.7. The van der Waals surface area contributed by atoms with Gasteiger partial charge in [-0.25, -0.2) is 9.18 Å². The fourth-order valence-electron chi connectivity index (χ4n) is 2.82. The summed E-state index contributed by atoms with van der Waals surface area (Å²) in [5.41, 5.74) is -2.74. The van der Waals surface area contributed by atoms with Crippen LogP contribution in [0.25, 0.3) is 0 Å². The van der Waals surface area contributed by atoms with Gasteiger partial charge in [0, 0.05) is 15.5 Å². The van der Waals surface area contributed by atoms with Gasteiger partial charge in [-0.2, -0.15) is 0 Å². The Kier molecular flexibility index (Phi) is 4.50. The van der Waals surface area contributed by atoms with E-state index in [2.05, 4.69) is 9.99 Å². The van der Waals surface area contributed by atoms with E-state index in [0.29, 0.717) is 5.56 Å². The Bertz CT molecular complexity index is 859. The third kappa shape index (κ3) is 2.98. The summed E-state index contributed by atoms with van der Waals surface area (Å²) in [4.78, 5) is 27.2. The molecule has 0 radical (unpaired) electrons. The molecule has 0 saturated heterocycles. The molecule has 1 aliphatic rings. The molecule has 0 aliphatic carbocycles. The predicted octanol–water partition coefficient (Wildman–Crippen LogP) is 3.37. The molecule has 2 atom stereocenters. The molecule has 0 spiro atoms. The van der Waals surface area contributed by atoms with Crippen LogP contribution >= 0.6 is 11.6 Å². The average molecular weight is 363 g/mol. The molecule has 0 fully saturated rings. The summed E-state index contributed by atoms with van der Waals surface area (Å²) < 4.78 is 16.0. The van der Waals surface area contributed by atoms with Gasteiger partial charge < -0.3 is 4.84 Å². The number of nitro groups is 1. The van der Waals surface area contributed by atoms with Crippen LogP contribution in [0, 0.1) is 10.1 Å². The first-order valence-electron chi connectivity index (χ1n) is 7.35. The number of hydrogen-bond acceptors (Lipinski definition) is 5. The van der Waals surface area contributed by atoms with Crippen molar-refractivity contribution >= 4 is 23.3 Å². The number of nitrogens with zero attached hydrogens (tertiary/aromatic N) is 2. The van der Waals surface area contributed by atoms with Crippen LogP contribution in [-0.2, 0) is 9.63 Å². The van der Waals surface area contributed by atoms with Crippen LogP contribution < -0.4 is 0 Å².